The summed E-state index contributed by atoms with van der Waals surface area (Å²) in [6.45, 7) is 7.83. The minimum atomic E-state index is -0.345. The van der Waals surface area contributed by atoms with Gasteiger partial charge in [-0.1, -0.05) is 13.8 Å². The summed E-state index contributed by atoms with van der Waals surface area (Å²) in [5.74, 6) is 1.78. The zero-order chi connectivity index (χ0) is 13.5. The van der Waals surface area contributed by atoms with Gasteiger partial charge < -0.3 is 14.5 Å². The van der Waals surface area contributed by atoms with Gasteiger partial charge in [-0.3, -0.25) is 0 Å². The van der Waals surface area contributed by atoms with Crippen LogP contribution in [0.5, 0.6) is 0 Å². The SMILES string of the molecule is COC(=O)c1cc(CNCCCC(C)C)oc1C. The first-order valence-corrected chi connectivity index (χ1v) is 6.43. The van der Waals surface area contributed by atoms with E-state index >= 15 is 0 Å². The van der Waals surface area contributed by atoms with Crippen LogP contribution in [-0.2, 0) is 11.3 Å². The molecular weight excluding hydrogens is 230 g/mol. The molecule has 0 aliphatic carbocycles. The van der Waals surface area contributed by atoms with Crippen molar-refractivity contribution in [2.75, 3.05) is 13.7 Å². The first-order valence-electron chi connectivity index (χ1n) is 6.43. The fraction of sp³-hybridized carbons (Fsp3) is 0.643. The minimum Gasteiger partial charge on any atom is -0.465 e. The van der Waals surface area contributed by atoms with Crippen molar-refractivity contribution in [2.45, 2.75) is 40.2 Å². The minimum absolute atomic E-state index is 0.345. The van der Waals surface area contributed by atoms with Crippen LogP contribution >= 0.6 is 0 Å². The van der Waals surface area contributed by atoms with Gasteiger partial charge in [0.2, 0.25) is 0 Å². The second-order valence-electron chi connectivity index (χ2n) is 4.89. The Morgan fingerprint density at radius 3 is 2.83 bits per heavy atom. The molecule has 1 aromatic heterocycles. The van der Waals surface area contributed by atoms with Crippen LogP contribution in [0.25, 0.3) is 0 Å². The Labute approximate surface area is 109 Å². The Kier molecular flexibility index (Phi) is 5.92. The lowest BCUT2D eigenvalue weighted by molar-refractivity contribution is 0.0599. The van der Waals surface area contributed by atoms with Crippen LogP contribution in [0.1, 0.15) is 48.6 Å². The van der Waals surface area contributed by atoms with Crippen molar-refractivity contribution in [3.05, 3.63) is 23.2 Å². The van der Waals surface area contributed by atoms with E-state index in [4.69, 9.17) is 4.42 Å². The quantitative estimate of drug-likeness (QED) is 0.599. The molecule has 4 heteroatoms. The molecule has 0 atom stereocenters. The number of methoxy groups -OCH3 is 1. The summed E-state index contributed by atoms with van der Waals surface area (Å²) >= 11 is 0. The Hall–Kier alpha value is -1.29. The lowest BCUT2D eigenvalue weighted by atomic mass is 10.1. The maximum Gasteiger partial charge on any atom is 0.341 e. The van der Waals surface area contributed by atoms with Gasteiger partial charge in [0.05, 0.1) is 13.7 Å². The molecule has 18 heavy (non-hydrogen) atoms. The van der Waals surface area contributed by atoms with Gasteiger partial charge in [-0.15, -0.1) is 0 Å². The predicted octanol–water partition coefficient (Wildman–Crippen LogP) is 2.90. The smallest absolute Gasteiger partial charge is 0.341 e. The van der Waals surface area contributed by atoms with E-state index in [1.807, 2.05) is 0 Å². The van der Waals surface area contributed by atoms with Crippen molar-refractivity contribution in [3.63, 3.8) is 0 Å². The van der Waals surface area contributed by atoms with Crippen molar-refractivity contribution < 1.29 is 13.9 Å². The van der Waals surface area contributed by atoms with Crippen LogP contribution in [0.15, 0.2) is 10.5 Å². The van der Waals surface area contributed by atoms with Crippen LogP contribution in [0.4, 0.5) is 0 Å². The fourth-order valence-corrected chi connectivity index (χ4v) is 1.79. The molecule has 102 valence electrons. The summed E-state index contributed by atoms with van der Waals surface area (Å²) in [7, 11) is 1.37. The number of hydrogen-bond donors (Lipinski definition) is 1. The maximum atomic E-state index is 11.4. The van der Waals surface area contributed by atoms with Crippen molar-refractivity contribution in [2.24, 2.45) is 5.92 Å². The van der Waals surface area contributed by atoms with E-state index in [-0.39, 0.29) is 5.97 Å². The number of nitrogens with one attached hydrogen (secondary N) is 1. The van der Waals surface area contributed by atoms with Gasteiger partial charge >= 0.3 is 5.97 Å². The summed E-state index contributed by atoms with van der Waals surface area (Å²) < 4.78 is 10.2. The van der Waals surface area contributed by atoms with Gasteiger partial charge in [-0.2, -0.15) is 0 Å². The second-order valence-corrected chi connectivity index (χ2v) is 4.89. The average Bonchev–Trinajstić information content (AvgIpc) is 2.69. The number of rotatable bonds is 7. The van der Waals surface area contributed by atoms with Crippen molar-refractivity contribution in [1.29, 1.82) is 0 Å². The first kappa shape index (κ1) is 14.8. The van der Waals surface area contributed by atoms with Gasteiger partial charge in [0.1, 0.15) is 17.1 Å². The van der Waals surface area contributed by atoms with E-state index in [1.54, 1.807) is 13.0 Å². The van der Waals surface area contributed by atoms with Crippen molar-refractivity contribution in [1.82, 2.24) is 5.32 Å². The molecule has 1 aromatic rings. The molecule has 1 heterocycles. The molecule has 1 N–H and O–H groups in total. The zero-order valence-electron chi connectivity index (χ0n) is 11.7. The van der Waals surface area contributed by atoms with Gasteiger partial charge in [0.15, 0.2) is 0 Å². The van der Waals surface area contributed by atoms with Crippen LogP contribution in [0, 0.1) is 12.8 Å². The normalized spacial score (nSPS) is 10.9. The van der Waals surface area contributed by atoms with E-state index in [1.165, 1.54) is 13.5 Å². The Morgan fingerprint density at radius 2 is 2.22 bits per heavy atom. The molecule has 1 rings (SSSR count). The molecule has 0 aromatic carbocycles. The Morgan fingerprint density at radius 1 is 1.50 bits per heavy atom. The van der Waals surface area contributed by atoms with Gasteiger partial charge in [0, 0.05) is 0 Å². The number of aryl methyl sites for hydroxylation is 1. The number of esters is 1. The van der Waals surface area contributed by atoms with Crippen molar-refractivity contribution >= 4 is 5.97 Å². The van der Waals surface area contributed by atoms with Crippen LogP contribution < -0.4 is 5.32 Å². The molecule has 0 fully saturated rings. The molecule has 0 saturated heterocycles. The third-order valence-electron chi connectivity index (χ3n) is 2.81. The standard InChI is InChI=1S/C14H23NO3/c1-10(2)6-5-7-15-9-12-8-13(11(3)18-12)14(16)17-4/h8,10,15H,5-7,9H2,1-4H3. The molecule has 0 bridgehead atoms. The van der Waals surface area contributed by atoms with E-state index in [0.29, 0.717) is 17.9 Å². The fourth-order valence-electron chi connectivity index (χ4n) is 1.79. The lowest BCUT2D eigenvalue weighted by Gasteiger charge is -2.04. The molecular formula is C14H23NO3. The summed E-state index contributed by atoms with van der Waals surface area (Å²) in [6.07, 6.45) is 2.37. The monoisotopic (exact) mass is 253 g/mol. The number of hydrogen-bond acceptors (Lipinski definition) is 4. The maximum absolute atomic E-state index is 11.4. The zero-order valence-corrected chi connectivity index (χ0v) is 11.7. The highest BCUT2D eigenvalue weighted by atomic mass is 16.5. The Bertz CT molecular complexity index is 382. The van der Waals surface area contributed by atoms with Crippen LogP contribution in [0.2, 0.25) is 0 Å². The highest BCUT2D eigenvalue weighted by Crippen LogP contribution is 2.15. The molecule has 0 saturated carbocycles. The van der Waals surface area contributed by atoms with E-state index in [2.05, 4.69) is 23.9 Å². The molecule has 0 unspecified atom stereocenters. The van der Waals surface area contributed by atoms with Crippen LogP contribution in [0.3, 0.4) is 0 Å². The molecule has 4 nitrogen and oxygen atoms in total. The number of carbonyl (C=O) groups is 1. The number of carbonyl (C=O) groups excluding carboxylic acids is 1. The predicted molar refractivity (Wildman–Crippen MR) is 70.6 cm³/mol. The lowest BCUT2D eigenvalue weighted by Crippen LogP contribution is -2.14. The molecule has 0 radical (unpaired) electrons. The highest BCUT2D eigenvalue weighted by Gasteiger charge is 2.14. The van der Waals surface area contributed by atoms with Gasteiger partial charge in [-0.05, 0) is 38.3 Å². The highest BCUT2D eigenvalue weighted by molar-refractivity contribution is 5.90. The molecule has 0 aliphatic heterocycles. The largest absolute Gasteiger partial charge is 0.465 e. The van der Waals surface area contributed by atoms with E-state index in [0.717, 1.165) is 24.6 Å². The topological polar surface area (TPSA) is 51.5 Å². The first-order chi connectivity index (χ1) is 8.54. The number of ether oxygens (including phenoxy) is 1. The van der Waals surface area contributed by atoms with Gasteiger partial charge in [0.25, 0.3) is 0 Å². The molecule has 0 amide bonds. The average molecular weight is 253 g/mol. The molecule has 0 aliphatic rings. The third-order valence-corrected chi connectivity index (χ3v) is 2.81. The van der Waals surface area contributed by atoms with E-state index < -0.39 is 0 Å². The second kappa shape index (κ2) is 7.21. The summed E-state index contributed by atoms with van der Waals surface area (Å²) in [4.78, 5) is 11.4. The van der Waals surface area contributed by atoms with Crippen molar-refractivity contribution in [3.8, 4) is 0 Å². The third kappa shape index (κ3) is 4.53. The number of furan rings is 1. The molecule has 0 spiro atoms. The summed E-state index contributed by atoms with van der Waals surface area (Å²) in [5.41, 5.74) is 0.511. The summed E-state index contributed by atoms with van der Waals surface area (Å²) in [5, 5.41) is 3.31. The van der Waals surface area contributed by atoms with Crippen LogP contribution in [-0.4, -0.2) is 19.6 Å². The Balaban J connectivity index is 2.37. The summed E-state index contributed by atoms with van der Waals surface area (Å²) in [6, 6.07) is 1.75. The van der Waals surface area contributed by atoms with E-state index in [9.17, 15) is 4.79 Å². The van der Waals surface area contributed by atoms with Gasteiger partial charge in [-0.25, -0.2) is 4.79 Å².